The van der Waals surface area contributed by atoms with Crippen LogP contribution in [0.5, 0.6) is 0 Å². The van der Waals surface area contributed by atoms with E-state index in [1.807, 2.05) is 6.07 Å². The summed E-state index contributed by atoms with van der Waals surface area (Å²) in [5.74, 6) is 0.0326. The summed E-state index contributed by atoms with van der Waals surface area (Å²) in [6, 6.07) is 5.26. The summed E-state index contributed by atoms with van der Waals surface area (Å²) in [6.07, 6.45) is 3.07. The summed E-state index contributed by atoms with van der Waals surface area (Å²) in [7, 11) is -2.05. The molecule has 0 bridgehead atoms. The minimum absolute atomic E-state index is 0.205. The van der Waals surface area contributed by atoms with Crippen molar-refractivity contribution in [1.82, 2.24) is 29.9 Å². The average Bonchev–Trinajstić information content (AvgIpc) is 2.74. The zero-order valence-electron chi connectivity index (χ0n) is 17.0. The Hall–Kier alpha value is -2.83. The number of nitrogens with zero attached hydrogens (tertiary/aromatic N) is 5. The summed E-state index contributed by atoms with van der Waals surface area (Å²) in [5, 5.41) is 2.56. The van der Waals surface area contributed by atoms with Gasteiger partial charge < -0.3 is 10.2 Å². The van der Waals surface area contributed by atoms with Crippen molar-refractivity contribution >= 4 is 27.6 Å². The largest absolute Gasteiger partial charge is 0.368 e. The highest BCUT2D eigenvalue weighted by molar-refractivity contribution is 7.90. The Bertz CT molecular complexity index is 960. The second-order valence-corrected chi connectivity index (χ2v) is 8.24. The van der Waals surface area contributed by atoms with Crippen LogP contribution in [0.1, 0.15) is 23.1 Å². The van der Waals surface area contributed by atoms with Crippen molar-refractivity contribution in [3.05, 3.63) is 42.1 Å². The van der Waals surface area contributed by atoms with Gasteiger partial charge in [0.05, 0.1) is 17.6 Å². The van der Waals surface area contributed by atoms with Gasteiger partial charge in [-0.25, -0.2) is 15.0 Å². The number of amides is 1. The number of aromatic nitrogens is 3. The lowest BCUT2D eigenvalue weighted by Crippen LogP contribution is -2.46. The molecule has 12 heteroatoms. The molecule has 1 aliphatic rings. The Kier molecular flexibility index (Phi) is 7.13. The number of rotatable bonds is 8. The fraction of sp³-hybridized carbons (Fsp3) is 0.444. The summed E-state index contributed by atoms with van der Waals surface area (Å²) >= 11 is 0. The van der Waals surface area contributed by atoms with Gasteiger partial charge >= 0.3 is 0 Å². The summed E-state index contributed by atoms with van der Waals surface area (Å²) in [5.41, 5.74) is 2.11. The molecule has 11 nitrogen and oxygen atoms in total. The first-order valence-corrected chi connectivity index (χ1v) is 11.1. The maximum absolute atomic E-state index is 11.8. The molecule has 0 spiro atoms. The highest BCUT2D eigenvalue weighted by Gasteiger charge is 2.19. The number of carbonyl (C=O) groups excluding carboxylic acids is 1. The molecule has 3 heterocycles. The van der Waals surface area contributed by atoms with Crippen LogP contribution in [0.2, 0.25) is 0 Å². The molecule has 162 valence electrons. The highest BCUT2D eigenvalue weighted by atomic mass is 32.2. The van der Waals surface area contributed by atoms with Gasteiger partial charge in [0, 0.05) is 52.4 Å². The molecule has 0 unspecified atom stereocenters. The number of piperazine rings is 1. The van der Waals surface area contributed by atoms with Gasteiger partial charge in [-0.2, -0.15) is 13.1 Å². The van der Waals surface area contributed by atoms with Gasteiger partial charge in [-0.15, -0.1) is 0 Å². The van der Waals surface area contributed by atoms with Crippen molar-refractivity contribution in [1.29, 1.82) is 0 Å². The Labute approximate surface area is 176 Å². The summed E-state index contributed by atoms with van der Waals surface area (Å²) in [4.78, 5) is 28.5. The molecule has 3 rings (SSSR count). The van der Waals surface area contributed by atoms with Crippen LogP contribution in [0.25, 0.3) is 0 Å². The van der Waals surface area contributed by atoms with E-state index in [9.17, 15) is 13.2 Å². The number of carbonyl (C=O) groups is 1. The Morgan fingerprint density at radius 2 is 1.90 bits per heavy atom. The van der Waals surface area contributed by atoms with Crippen LogP contribution in [0, 0.1) is 0 Å². The molecule has 0 atom stereocenters. The van der Waals surface area contributed by atoms with Gasteiger partial charge in [0.25, 0.3) is 16.1 Å². The van der Waals surface area contributed by atoms with Gasteiger partial charge in [0.1, 0.15) is 17.8 Å². The van der Waals surface area contributed by atoms with Gasteiger partial charge in [0.15, 0.2) is 0 Å². The molecule has 0 aromatic carbocycles. The number of nitrogens with one attached hydrogen (secondary N) is 3. The SMILES string of the molecule is CCNS(=O)(=O)Nc1cc(CN2CCN(c3ccc(C(=O)NC)nc3)CC2)ncn1. The number of hydrogen-bond acceptors (Lipinski definition) is 8. The lowest BCUT2D eigenvalue weighted by Gasteiger charge is -2.35. The van der Waals surface area contributed by atoms with E-state index in [0.717, 1.165) is 37.6 Å². The molecule has 30 heavy (non-hydrogen) atoms. The second kappa shape index (κ2) is 9.78. The predicted molar refractivity (Wildman–Crippen MR) is 113 cm³/mol. The van der Waals surface area contributed by atoms with Crippen LogP contribution >= 0.6 is 0 Å². The quantitative estimate of drug-likeness (QED) is 0.521. The third kappa shape index (κ3) is 5.84. The van der Waals surface area contributed by atoms with Crippen molar-refractivity contribution in [2.45, 2.75) is 13.5 Å². The van der Waals surface area contributed by atoms with E-state index in [0.29, 0.717) is 18.8 Å². The fourth-order valence-corrected chi connectivity index (χ4v) is 3.97. The molecule has 0 radical (unpaired) electrons. The molecule has 0 saturated carbocycles. The number of hydrogen-bond donors (Lipinski definition) is 3. The van der Waals surface area contributed by atoms with Crippen LogP contribution in [-0.2, 0) is 16.8 Å². The number of anilines is 2. The van der Waals surface area contributed by atoms with E-state index in [2.05, 4.69) is 39.5 Å². The van der Waals surface area contributed by atoms with E-state index in [4.69, 9.17) is 0 Å². The predicted octanol–water partition coefficient (Wildman–Crippen LogP) is -0.180. The molecular weight excluding hydrogens is 408 g/mol. The maximum Gasteiger partial charge on any atom is 0.300 e. The molecule has 2 aromatic heterocycles. The Balaban J connectivity index is 1.55. The minimum atomic E-state index is -3.62. The van der Waals surface area contributed by atoms with E-state index in [1.165, 1.54) is 6.33 Å². The van der Waals surface area contributed by atoms with Gasteiger partial charge in [-0.1, -0.05) is 6.92 Å². The first-order valence-electron chi connectivity index (χ1n) is 9.64. The van der Waals surface area contributed by atoms with Crippen molar-refractivity contribution < 1.29 is 13.2 Å². The fourth-order valence-electron chi connectivity index (χ4n) is 3.13. The van der Waals surface area contributed by atoms with Gasteiger partial charge in [-0.05, 0) is 12.1 Å². The first-order chi connectivity index (χ1) is 14.4. The summed E-state index contributed by atoms with van der Waals surface area (Å²) < 4.78 is 28.4. The molecule has 2 aromatic rings. The molecule has 1 saturated heterocycles. The normalized spacial score (nSPS) is 15.1. The lowest BCUT2D eigenvalue weighted by molar-refractivity contribution is 0.0958. The van der Waals surface area contributed by atoms with Crippen molar-refractivity contribution in [3.8, 4) is 0 Å². The Morgan fingerprint density at radius 1 is 1.13 bits per heavy atom. The highest BCUT2D eigenvalue weighted by Crippen LogP contribution is 2.17. The topological polar surface area (TPSA) is 132 Å². The molecule has 3 N–H and O–H groups in total. The van der Waals surface area contributed by atoms with Crippen molar-refractivity contribution in [2.24, 2.45) is 0 Å². The van der Waals surface area contributed by atoms with Crippen LogP contribution < -0.4 is 19.7 Å². The van der Waals surface area contributed by atoms with E-state index in [1.54, 1.807) is 32.3 Å². The van der Waals surface area contributed by atoms with Crippen LogP contribution in [0.15, 0.2) is 30.7 Å². The van der Waals surface area contributed by atoms with Crippen LogP contribution in [0.4, 0.5) is 11.5 Å². The third-order valence-electron chi connectivity index (χ3n) is 4.63. The smallest absolute Gasteiger partial charge is 0.300 e. The van der Waals surface area contributed by atoms with E-state index in [-0.39, 0.29) is 11.7 Å². The Morgan fingerprint density at radius 3 is 2.53 bits per heavy atom. The summed E-state index contributed by atoms with van der Waals surface area (Å²) in [6.45, 7) is 5.86. The van der Waals surface area contributed by atoms with E-state index < -0.39 is 10.2 Å². The van der Waals surface area contributed by atoms with Crippen LogP contribution in [-0.4, -0.2) is 73.9 Å². The number of pyridine rings is 1. The average molecular weight is 435 g/mol. The standard InChI is InChI=1S/C18H26N8O3S/c1-3-23-30(28,29)24-17-10-14(21-13-22-17)12-25-6-8-26(9-7-25)15-4-5-16(20-11-15)18(27)19-2/h4-5,10-11,13,23H,3,6-9,12H2,1-2H3,(H,19,27)(H,21,22,24). The van der Waals surface area contributed by atoms with Gasteiger partial charge in [-0.3, -0.25) is 14.4 Å². The van der Waals surface area contributed by atoms with Gasteiger partial charge in [0.2, 0.25) is 0 Å². The molecule has 1 aliphatic heterocycles. The van der Waals surface area contributed by atoms with Crippen LogP contribution in [0.3, 0.4) is 0 Å². The van der Waals surface area contributed by atoms with Crippen molar-refractivity contribution in [2.75, 3.05) is 49.4 Å². The first kappa shape index (κ1) is 21.9. The lowest BCUT2D eigenvalue weighted by atomic mass is 10.2. The maximum atomic E-state index is 11.8. The molecule has 1 amide bonds. The molecule has 1 fully saturated rings. The molecule has 0 aliphatic carbocycles. The third-order valence-corrected chi connectivity index (χ3v) is 5.77. The molecular formula is C18H26N8O3S. The van der Waals surface area contributed by atoms with Crippen molar-refractivity contribution in [3.63, 3.8) is 0 Å². The zero-order valence-corrected chi connectivity index (χ0v) is 17.8. The zero-order chi connectivity index (χ0) is 21.6. The monoisotopic (exact) mass is 434 g/mol. The minimum Gasteiger partial charge on any atom is -0.368 e. The van der Waals surface area contributed by atoms with E-state index >= 15 is 0 Å². The second-order valence-electron chi connectivity index (χ2n) is 6.74.